The highest BCUT2D eigenvalue weighted by Crippen LogP contribution is 2.31. The maximum absolute atomic E-state index is 9.82. The molecule has 0 saturated heterocycles. The van der Waals surface area contributed by atoms with Gasteiger partial charge in [-0.05, 0) is 30.7 Å². The predicted molar refractivity (Wildman–Crippen MR) is 80.4 cm³/mol. The predicted octanol–water partition coefficient (Wildman–Crippen LogP) is 3.78. The normalized spacial score (nSPS) is 14.6. The van der Waals surface area contributed by atoms with E-state index in [0.29, 0.717) is 5.92 Å². The monoisotopic (exact) mass is 264 g/mol. The van der Waals surface area contributed by atoms with Crippen molar-refractivity contribution in [3.05, 3.63) is 35.9 Å². The Bertz CT molecular complexity index is 328. The summed E-state index contributed by atoms with van der Waals surface area (Å²) in [5, 5.41) is 9.82. The largest absolute Gasteiger partial charge is 0.395 e. The molecular weight excluding hydrogens is 236 g/mol. The quantitative estimate of drug-likeness (QED) is 0.688. The standard InChI is InChI=1S/C17H28O2/c1-4-17(14-18,16-8-6-5-7-9-16)11-13-19-12-10-15(2)3/h5-9,15,18H,4,10-14H2,1-3H3. The summed E-state index contributed by atoms with van der Waals surface area (Å²) in [7, 11) is 0. The first-order chi connectivity index (χ1) is 9.14. The van der Waals surface area contributed by atoms with Crippen molar-refractivity contribution in [1.29, 1.82) is 0 Å². The van der Waals surface area contributed by atoms with Crippen molar-refractivity contribution in [2.45, 2.75) is 45.4 Å². The van der Waals surface area contributed by atoms with Gasteiger partial charge in [0.2, 0.25) is 0 Å². The Balaban J connectivity index is 2.53. The van der Waals surface area contributed by atoms with Crippen molar-refractivity contribution in [1.82, 2.24) is 0 Å². The number of hydrogen-bond donors (Lipinski definition) is 1. The summed E-state index contributed by atoms with van der Waals surface area (Å²) in [5.74, 6) is 0.683. The van der Waals surface area contributed by atoms with Crippen LogP contribution in [-0.2, 0) is 10.2 Å². The van der Waals surface area contributed by atoms with E-state index in [-0.39, 0.29) is 12.0 Å². The molecule has 0 spiro atoms. The second kappa shape index (κ2) is 8.34. The summed E-state index contributed by atoms with van der Waals surface area (Å²) < 4.78 is 5.71. The smallest absolute Gasteiger partial charge is 0.0528 e. The van der Waals surface area contributed by atoms with Crippen LogP contribution in [0.25, 0.3) is 0 Å². The molecule has 0 aliphatic rings. The van der Waals surface area contributed by atoms with E-state index in [4.69, 9.17) is 4.74 Å². The second-order valence-electron chi connectivity index (χ2n) is 5.70. The molecule has 0 radical (unpaired) electrons. The summed E-state index contributed by atoms with van der Waals surface area (Å²) in [6, 6.07) is 10.3. The van der Waals surface area contributed by atoms with Crippen LogP contribution in [-0.4, -0.2) is 24.9 Å². The molecule has 1 aromatic carbocycles. The van der Waals surface area contributed by atoms with Gasteiger partial charge in [-0.3, -0.25) is 0 Å². The van der Waals surface area contributed by atoms with Gasteiger partial charge in [-0.25, -0.2) is 0 Å². The molecule has 0 bridgehead atoms. The zero-order valence-corrected chi connectivity index (χ0v) is 12.6. The van der Waals surface area contributed by atoms with Gasteiger partial charge in [-0.15, -0.1) is 0 Å². The molecule has 1 aromatic rings. The highest BCUT2D eigenvalue weighted by atomic mass is 16.5. The van der Waals surface area contributed by atoms with Crippen LogP contribution >= 0.6 is 0 Å². The van der Waals surface area contributed by atoms with Crippen LogP contribution in [0.4, 0.5) is 0 Å². The lowest BCUT2D eigenvalue weighted by atomic mass is 9.76. The number of hydrogen-bond acceptors (Lipinski definition) is 2. The highest BCUT2D eigenvalue weighted by molar-refractivity contribution is 5.25. The number of aliphatic hydroxyl groups excluding tert-OH is 1. The zero-order chi connectivity index (χ0) is 14.1. The lowest BCUT2D eigenvalue weighted by Crippen LogP contribution is -2.31. The molecule has 0 aliphatic carbocycles. The fourth-order valence-electron chi connectivity index (χ4n) is 2.29. The topological polar surface area (TPSA) is 29.5 Å². The van der Waals surface area contributed by atoms with Crippen LogP contribution in [0.5, 0.6) is 0 Å². The highest BCUT2D eigenvalue weighted by Gasteiger charge is 2.29. The van der Waals surface area contributed by atoms with Gasteiger partial charge in [0.1, 0.15) is 0 Å². The van der Waals surface area contributed by atoms with Gasteiger partial charge < -0.3 is 9.84 Å². The van der Waals surface area contributed by atoms with Gasteiger partial charge in [0.25, 0.3) is 0 Å². The minimum absolute atomic E-state index is 0.154. The molecule has 0 aliphatic heterocycles. The van der Waals surface area contributed by atoms with E-state index < -0.39 is 0 Å². The van der Waals surface area contributed by atoms with E-state index in [1.165, 1.54) is 5.56 Å². The summed E-state index contributed by atoms with van der Waals surface area (Å²) in [6.45, 7) is 8.26. The van der Waals surface area contributed by atoms with E-state index >= 15 is 0 Å². The summed E-state index contributed by atoms with van der Waals surface area (Å²) in [5.41, 5.74) is 1.06. The average Bonchev–Trinajstić information content (AvgIpc) is 2.44. The Morgan fingerprint density at radius 2 is 1.84 bits per heavy atom. The van der Waals surface area contributed by atoms with E-state index in [9.17, 15) is 5.11 Å². The summed E-state index contributed by atoms with van der Waals surface area (Å²) in [6.07, 6.45) is 2.91. The van der Waals surface area contributed by atoms with Crippen LogP contribution in [0, 0.1) is 5.92 Å². The maximum atomic E-state index is 9.82. The number of rotatable bonds is 9. The van der Waals surface area contributed by atoms with Crippen LogP contribution < -0.4 is 0 Å². The van der Waals surface area contributed by atoms with Gasteiger partial charge in [0.05, 0.1) is 6.61 Å². The molecule has 0 amide bonds. The van der Waals surface area contributed by atoms with Crippen LogP contribution in [0.3, 0.4) is 0 Å². The lowest BCUT2D eigenvalue weighted by Gasteiger charge is -2.31. The van der Waals surface area contributed by atoms with Crippen LogP contribution in [0.1, 0.15) is 45.6 Å². The summed E-state index contributed by atoms with van der Waals surface area (Å²) >= 11 is 0. The van der Waals surface area contributed by atoms with E-state index in [1.54, 1.807) is 0 Å². The lowest BCUT2D eigenvalue weighted by molar-refractivity contribution is 0.0848. The molecule has 0 aromatic heterocycles. The minimum atomic E-state index is -0.154. The molecule has 0 heterocycles. The number of aliphatic hydroxyl groups is 1. The van der Waals surface area contributed by atoms with Crippen molar-refractivity contribution in [2.75, 3.05) is 19.8 Å². The molecule has 108 valence electrons. The second-order valence-corrected chi connectivity index (χ2v) is 5.70. The molecule has 1 unspecified atom stereocenters. The Labute approximate surface area is 117 Å². The van der Waals surface area contributed by atoms with Crippen molar-refractivity contribution < 1.29 is 9.84 Å². The van der Waals surface area contributed by atoms with E-state index in [2.05, 4.69) is 32.9 Å². The molecule has 1 rings (SSSR count). The first kappa shape index (κ1) is 16.2. The van der Waals surface area contributed by atoms with Gasteiger partial charge in [0, 0.05) is 18.6 Å². The first-order valence-corrected chi connectivity index (χ1v) is 7.38. The number of ether oxygens (including phenoxy) is 1. The third kappa shape index (κ3) is 4.96. The third-order valence-corrected chi connectivity index (χ3v) is 3.93. The van der Waals surface area contributed by atoms with Crippen molar-refractivity contribution in [2.24, 2.45) is 5.92 Å². The Hall–Kier alpha value is -0.860. The molecule has 19 heavy (non-hydrogen) atoms. The molecular formula is C17H28O2. The summed E-state index contributed by atoms with van der Waals surface area (Å²) in [4.78, 5) is 0. The number of benzene rings is 1. The van der Waals surface area contributed by atoms with Gasteiger partial charge in [-0.2, -0.15) is 0 Å². The average molecular weight is 264 g/mol. The van der Waals surface area contributed by atoms with Gasteiger partial charge in [0.15, 0.2) is 0 Å². The van der Waals surface area contributed by atoms with E-state index in [0.717, 1.165) is 32.5 Å². The van der Waals surface area contributed by atoms with Crippen molar-refractivity contribution in [3.63, 3.8) is 0 Å². The Kier molecular flexibility index (Phi) is 7.11. The molecule has 2 nitrogen and oxygen atoms in total. The van der Waals surface area contributed by atoms with Gasteiger partial charge >= 0.3 is 0 Å². The maximum Gasteiger partial charge on any atom is 0.0528 e. The van der Waals surface area contributed by atoms with Crippen LogP contribution in [0.15, 0.2) is 30.3 Å². The van der Waals surface area contributed by atoms with Crippen molar-refractivity contribution in [3.8, 4) is 0 Å². The minimum Gasteiger partial charge on any atom is -0.395 e. The van der Waals surface area contributed by atoms with E-state index in [1.807, 2.05) is 18.2 Å². The molecule has 0 saturated carbocycles. The molecule has 1 atom stereocenters. The fraction of sp³-hybridized carbons (Fsp3) is 0.647. The SMILES string of the molecule is CCC(CO)(CCOCCC(C)C)c1ccccc1. The Morgan fingerprint density at radius 3 is 2.37 bits per heavy atom. The third-order valence-electron chi connectivity index (χ3n) is 3.93. The Morgan fingerprint density at radius 1 is 1.16 bits per heavy atom. The first-order valence-electron chi connectivity index (χ1n) is 7.38. The molecule has 1 N–H and O–H groups in total. The molecule has 2 heteroatoms. The van der Waals surface area contributed by atoms with Crippen LogP contribution in [0.2, 0.25) is 0 Å². The molecule has 0 fully saturated rings. The fourth-order valence-corrected chi connectivity index (χ4v) is 2.29. The van der Waals surface area contributed by atoms with Gasteiger partial charge in [-0.1, -0.05) is 51.1 Å². The van der Waals surface area contributed by atoms with Crippen molar-refractivity contribution >= 4 is 0 Å². The zero-order valence-electron chi connectivity index (χ0n) is 12.6.